The van der Waals surface area contributed by atoms with Crippen LogP contribution in [0, 0.1) is 0 Å². The number of carbonyl (C=O) groups is 2. The van der Waals surface area contributed by atoms with E-state index >= 15 is 0 Å². The van der Waals surface area contributed by atoms with Crippen molar-refractivity contribution in [2.45, 2.75) is 69.5 Å². The Morgan fingerprint density at radius 3 is 2.78 bits per heavy atom. The number of primary amides is 1. The molecular formula is C24H32N4O3S. The summed E-state index contributed by atoms with van der Waals surface area (Å²) in [5.41, 5.74) is 7.16. The lowest BCUT2D eigenvalue weighted by Crippen LogP contribution is -2.28. The Hall–Kier alpha value is -2.61. The fourth-order valence-electron chi connectivity index (χ4n) is 3.88. The van der Waals surface area contributed by atoms with Crippen LogP contribution in [0.25, 0.3) is 10.9 Å². The Morgan fingerprint density at radius 1 is 1.16 bits per heavy atom. The first kappa shape index (κ1) is 24.0. The molecule has 1 aromatic carbocycles. The highest BCUT2D eigenvalue weighted by Crippen LogP contribution is 2.20. The molecule has 8 heteroatoms. The lowest BCUT2D eigenvalue weighted by Gasteiger charge is -2.14. The molecule has 0 unspecified atom stereocenters. The van der Waals surface area contributed by atoms with E-state index in [-0.39, 0.29) is 23.1 Å². The van der Waals surface area contributed by atoms with Crippen LogP contribution in [-0.2, 0) is 16.1 Å². The van der Waals surface area contributed by atoms with Gasteiger partial charge in [-0.15, -0.1) is 0 Å². The SMILES string of the molecule is NC(=O)CCCCCn1c(SCC(=O)NCCC2=CCCCC2)nc2ccccc2c1=O. The maximum Gasteiger partial charge on any atom is 0.262 e. The van der Waals surface area contributed by atoms with E-state index in [1.807, 2.05) is 18.2 Å². The molecule has 32 heavy (non-hydrogen) atoms. The molecule has 2 aromatic rings. The highest BCUT2D eigenvalue weighted by Gasteiger charge is 2.13. The van der Waals surface area contributed by atoms with Crippen LogP contribution in [0.15, 0.2) is 45.9 Å². The Bertz CT molecular complexity index is 1030. The largest absolute Gasteiger partial charge is 0.370 e. The molecule has 0 fully saturated rings. The second-order valence-electron chi connectivity index (χ2n) is 8.14. The molecule has 3 rings (SSSR count). The number of fused-ring (bicyclic) bond motifs is 1. The summed E-state index contributed by atoms with van der Waals surface area (Å²) in [6.07, 6.45) is 10.6. The number of aromatic nitrogens is 2. The second kappa shape index (κ2) is 12.4. The van der Waals surface area contributed by atoms with Crippen molar-refractivity contribution in [2.75, 3.05) is 12.3 Å². The van der Waals surface area contributed by atoms with Gasteiger partial charge in [0.2, 0.25) is 11.8 Å². The van der Waals surface area contributed by atoms with Gasteiger partial charge in [0.25, 0.3) is 5.56 Å². The van der Waals surface area contributed by atoms with Crippen molar-refractivity contribution in [3.63, 3.8) is 0 Å². The first-order chi connectivity index (χ1) is 15.5. The van der Waals surface area contributed by atoms with Gasteiger partial charge >= 0.3 is 0 Å². The summed E-state index contributed by atoms with van der Waals surface area (Å²) in [6, 6.07) is 7.26. The molecule has 0 spiro atoms. The molecular weight excluding hydrogens is 424 g/mol. The molecule has 1 aliphatic rings. The number of amides is 2. The number of carbonyl (C=O) groups excluding carboxylic acids is 2. The van der Waals surface area contributed by atoms with Crippen LogP contribution in [0.5, 0.6) is 0 Å². The van der Waals surface area contributed by atoms with Gasteiger partial charge in [0.15, 0.2) is 5.16 Å². The van der Waals surface area contributed by atoms with Gasteiger partial charge in [-0.1, -0.05) is 42.0 Å². The maximum atomic E-state index is 13.0. The van der Waals surface area contributed by atoms with Crippen LogP contribution in [0.2, 0.25) is 0 Å². The van der Waals surface area contributed by atoms with E-state index in [1.165, 1.54) is 30.2 Å². The first-order valence-electron chi connectivity index (χ1n) is 11.4. The molecule has 0 aliphatic heterocycles. The second-order valence-corrected chi connectivity index (χ2v) is 9.08. The zero-order valence-corrected chi connectivity index (χ0v) is 19.3. The Balaban J connectivity index is 1.60. The molecule has 3 N–H and O–H groups in total. The zero-order chi connectivity index (χ0) is 22.8. The highest BCUT2D eigenvalue weighted by atomic mass is 32.2. The Morgan fingerprint density at radius 2 is 2.00 bits per heavy atom. The number of nitrogens with two attached hydrogens (primary N) is 1. The molecule has 2 amide bonds. The molecule has 0 saturated heterocycles. The molecule has 1 aliphatic carbocycles. The zero-order valence-electron chi connectivity index (χ0n) is 18.5. The number of nitrogens with zero attached hydrogens (tertiary/aromatic N) is 2. The number of unbranched alkanes of at least 4 members (excludes halogenated alkanes) is 2. The third-order valence-corrected chi connectivity index (χ3v) is 6.59. The molecule has 0 atom stereocenters. The van der Waals surface area contributed by atoms with Crippen molar-refractivity contribution >= 4 is 34.5 Å². The van der Waals surface area contributed by atoms with Crippen molar-refractivity contribution in [1.29, 1.82) is 0 Å². The minimum Gasteiger partial charge on any atom is -0.370 e. The van der Waals surface area contributed by atoms with E-state index < -0.39 is 0 Å². The summed E-state index contributed by atoms with van der Waals surface area (Å²) in [5, 5.41) is 4.10. The lowest BCUT2D eigenvalue weighted by atomic mass is 9.97. The Kier molecular flexibility index (Phi) is 9.34. The number of nitrogens with one attached hydrogen (secondary N) is 1. The molecule has 7 nitrogen and oxygen atoms in total. The summed E-state index contributed by atoms with van der Waals surface area (Å²) >= 11 is 1.29. The van der Waals surface area contributed by atoms with Crippen molar-refractivity contribution in [2.24, 2.45) is 5.73 Å². The van der Waals surface area contributed by atoms with Crippen molar-refractivity contribution in [3.8, 4) is 0 Å². The van der Waals surface area contributed by atoms with Crippen molar-refractivity contribution in [3.05, 3.63) is 46.3 Å². The van der Waals surface area contributed by atoms with Crippen LogP contribution in [-0.4, -0.2) is 33.7 Å². The number of benzene rings is 1. The highest BCUT2D eigenvalue weighted by molar-refractivity contribution is 7.99. The Labute approximate surface area is 192 Å². The molecule has 1 heterocycles. The number of thioether (sulfide) groups is 1. The molecule has 1 aromatic heterocycles. The third-order valence-electron chi connectivity index (χ3n) is 5.62. The van der Waals surface area contributed by atoms with Crippen molar-refractivity contribution in [1.82, 2.24) is 14.9 Å². The molecule has 0 radical (unpaired) electrons. The number of hydrogen-bond acceptors (Lipinski definition) is 5. The number of hydrogen-bond donors (Lipinski definition) is 2. The molecule has 0 bridgehead atoms. The number of rotatable bonds is 12. The molecule has 172 valence electrons. The van der Waals surface area contributed by atoms with Crippen LogP contribution in [0.3, 0.4) is 0 Å². The van der Waals surface area contributed by atoms with E-state index in [2.05, 4.69) is 16.4 Å². The van der Waals surface area contributed by atoms with Crippen LogP contribution >= 0.6 is 11.8 Å². The maximum absolute atomic E-state index is 13.0. The summed E-state index contributed by atoms with van der Waals surface area (Å²) in [4.78, 5) is 41.0. The summed E-state index contributed by atoms with van der Waals surface area (Å²) in [5.74, 6) is -0.149. The van der Waals surface area contributed by atoms with E-state index in [1.54, 1.807) is 10.6 Å². The topological polar surface area (TPSA) is 107 Å². The first-order valence-corrected chi connectivity index (χ1v) is 12.4. The average molecular weight is 457 g/mol. The minimum absolute atomic E-state index is 0.0539. The van der Waals surface area contributed by atoms with Gasteiger partial charge in [0.1, 0.15) is 0 Å². The van der Waals surface area contributed by atoms with Gasteiger partial charge in [-0.25, -0.2) is 4.98 Å². The van der Waals surface area contributed by atoms with Crippen molar-refractivity contribution < 1.29 is 9.59 Å². The quantitative estimate of drug-likeness (QED) is 0.220. The summed E-state index contributed by atoms with van der Waals surface area (Å²) < 4.78 is 1.65. The van der Waals surface area contributed by atoms with E-state index in [0.29, 0.717) is 42.0 Å². The predicted molar refractivity (Wildman–Crippen MR) is 129 cm³/mol. The van der Waals surface area contributed by atoms with Gasteiger partial charge < -0.3 is 11.1 Å². The van der Waals surface area contributed by atoms with E-state index in [4.69, 9.17) is 5.73 Å². The van der Waals surface area contributed by atoms with Gasteiger partial charge in [0, 0.05) is 19.5 Å². The predicted octanol–water partition coefficient (Wildman–Crippen LogP) is 3.54. The van der Waals surface area contributed by atoms with Crippen LogP contribution in [0.4, 0.5) is 0 Å². The minimum atomic E-state index is -0.309. The fourth-order valence-corrected chi connectivity index (χ4v) is 4.73. The standard InChI is InChI=1S/C24H32N4O3S/c25-21(29)13-5-2-8-16-28-23(31)19-11-6-7-12-20(19)27-24(28)32-17-22(30)26-15-14-18-9-3-1-4-10-18/h6-7,9,11-12H,1-5,8,10,13-17H2,(H2,25,29)(H,26,30). The number of para-hydroxylation sites is 1. The monoisotopic (exact) mass is 456 g/mol. The van der Waals surface area contributed by atoms with E-state index in [9.17, 15) is 14.4 Å². The fraction of sp³-hybridized carbons (Fsp3) is 0.500. The van der Waals surface area contributed by atoms with Crippen LogP contribution in [0.1, 0.15) is 57.8 Å². The third kappa shape index (κ3) is 7.22. The number of allylic oxidation sites excluding steroid dienone is 1. The van der Waals surface area contributed by atoms with E-state index in [0.717, 1.165) is 32.1 Å². The van der Waals surface area contributed by atoms with Gasteiger partial charge in [-0.05, 0) is 57.1 Å². The van der Waals surface area contributed by atoms with Crippen LogP contribution < -0.4 is 16.6 Å². The normalized spacial score (nSPS) is 13.7. The summed E-state index contributed by atoms with van der Waals surface area (Å²) in [6.45, 7) is 1.14. The average Bonchev–Trinajstić information content (AvgIpc) is 2.79. The van der Waals surface area contributed by atoms with Gasteiger partial charge in [-0.2, -0.15) is 0 Å². The smallest absolute Gasteiger partial charge is 0.262 e. The lowest BCUT2D eigenvalue weighted by molar-refractivity contribution is -0.119. The molecule has 0 saturated carbocycles. The van der Waals surface area contributed by atoms with Gasteiger partial charge in [0.05, 0.1) is 16.7 Å². The van der Waals surface area contributed by atoms with Gasteiger partial charge in [-0.3, -0.25) is 19.0 Å². The summed E-state index contributed by atoms with van der Waals surface area (Å²) in [7, 11) is 0.